The quantitative estimate of drug-likeness (QED) is 0.705. The number of carbonyl (C=O) groups excluding carboxylic acids is 2. The number of aromatic nitrogens is 1. The third-order valence-corrected chi connectivity index (χ3v) is 4.41. The van der Waals surface area contributed by atoms with E-state index in [4.69, 9.17) is 9.47 Å². The van der Waals surface area contributed by atoms with Crippen molar-refractivity contribution in [2.45, 2.75) is 39.5 Å². The molecule has 0 saturated heterocycles. The van der Waals surface area contributed by atoms with Crippen molar-refractivity contribution in [3.8, 4) is 5.75 Å². The maximum absolute atomic E-state index is 13.0. The monoisotopic (exact) mass is 431 g/mol. The maximum Gasteiger partial charge on any atom is 0.416 e. The van der Waals surface area contributed by atoms with E-state index in [1.54, 1.807) is 27.7 Å². The number of benzene rings is 1. The van der Waals surface area contributed by atoms with Crippen LogP contribution in [0.5, 0.6) is 5.75 Å². The van der Waals surface area contributed by atoms with Gasteiger partial charge in [0.05, 0.1) is 18.4 Å². The van der Waals surface area contributed by atoms with Gasteiger partial charge in [0, 0.05) is 11.8 Å². The lowest BCUT2D eigenvalue weighted by Gasteiger charge is -2.18. The van der Waals surface area contributed by atoms with Crippen LogP contribution in [0, 0.1) is 6.92 Å². The van der Waals surface area contributed by atoms with E-state index in [1.165, 1.54) is 13.2 Å². The zero-order valence-electron chi connectivity index (χ0n) is 16.4. The molecule has 0 atom stereocenters. The van der Waals surface area contributed by atoms with Crippen molar-refractivity contribution in [3.05, 3.63) is 34.3 Å². The Labute approximate surface area is 169 Å². The number of nitrogens with zero attached hydrogens (tertiary/aromatic N) is 1. The van der Waals surface area contributed by atoms with E-state index >= 15 is 0 Å². The molecule has 0 fully saturated rings. The van der Waals surface area contributed by atoms with Crippen molar-refractivity contribution in [2.75, 3.05) is 17.7 Å². The predicted octanol–water partition coefficient (Wildman–Crippen LogP) is 5.08. The summed E-state index contributed by atoms with van der Waals surface area (Å²) in [6, 6.07) is 2.90. The Morgan fingerprint density at radius 1 is 1.10 bits per heavy atom. The average molecular weight is 431 g/mol. The molecule has 2 rings (SSSR count). The lowest BCUT2D eigenvalue weighted by atomic mass is 10.1. The molecular formula is C18H20F3N3O4S. The first-order chi connectivity index (χ1) is 13.3. The predicted molar refractivity (Wildman–Crippen MR) is 103 cm³/mol. The molecule has 0 aliphatic heterocycles. The molecule has 158 valence electrons. The van der Waals surface area contributed by atoms with Crippen molar-refractivity contribution in [3.63, 3.8) is 0 Å². The molecule has 0 aliphatic carbocycles. The summed E-state index contributed by atoms with van der Waals surface area (Å²) in [5.41, 5.74) is -1.45. The summed E-state index contributed by atoms with van der Waals surface area (Å²) < 4.78 is 49.0. The summed E-state index contributed by atoms with van der Waals surface area (Å²) in [7, 11) is 1.23. The first kappa shape index (κ1) is 22.5. The number of methoxy groups -OCH3 is 1. The molecule has 0 radical (unpaired) electrons. The van der Waals surface area contributed by atoms with Crippen molar-refractivity contribution in [2.24, 2.45) is 0 Å². The highest BCUT2D eigenvalue weighted by Crippen LogP contribution is 2.34. The first-order valence-electron chi connectivity index (χ1n) is 8.33. The molecule has 1 aromatic carbocycles. The lowest BCUT2D eigenvalue weighted by molar-refractivity contribution is -0.137. The van der Waals surface area contributed by atoms with Gasteiger partial charge < -0.3 is 14.8 Å². The van der Waals surface area contributed by atoms with Crippen LogP contribution < -0.4 is 15.4 Å². The molecule has 1 heterocycles. The number of rotatable bonds is 4. The summed E-state index contributed by atoms with van der Waals surface area (Å²) >= 11 is 0.872. The Balaban J connectivity index is 2.20. The van der Waals surface area contributed by atoms with Crippen LogP contribution in [0.4, 0.5) is 28.8 Å². The summed E-state index contributed by atoms with van der Waals surface area (Å²) in [4.78, 5) is 28.5. The highest BCUT2D eigenvalue weighted by molar-refractivity contribution is 7.17. The SMILES string of the molecule is COc1cc(NC(=O)c2sc(NC(=O)OC(C)(C)C)nc2C)cc(C(F)(F)F)c1. The molecule has 2 amide bonds. The van der Waals surface area contributed by atoms with E-state index in [-0.39, 0.29) is 21.4 Å². The Morgan fingerprint density at radius 3 is 2.31 bits per heavy atom. The van der Waals surface area contributed by atoms with Crippen molar-refractivity contribution in [1.82, 2.24) is 4.98 Å². The van der Waals surface area contributed by atoms with Gasteiger partial charge in [-0.15, -0.1) is 0 Å². The number of nitrogens with one attached hydrogen (secondary N) is 2. The molecule has 0 bridgehead atoms. The smallest absolute Gasteiger partial charge is 0.416 e. The van der Waals surface area contributed by atoms with Crippen LogP contribution in [0.15, 0.2) is 18.2 Å². The summed E-state index contributed by atoms with van der Waals surface area (Å²) in [5.74, 6) is -0.720. The summed E-state index contributed by atoms with van der Waals surface area (Å²) in [5, 5.41) is 4.95. The van der Waals surface area contributed by atoms with Crippen LogP contribution in [-0.4, -0.2) is 29.7 Å². The third-order valence-electron chi connectivity index (χ3n) is 3.34. The van der Waals surface area contributed by atoms with Gasteiger partial charge in [0.2, 0.25) is 0 Å². The van der Waals surface area contributed by atoms with E-state index in [0.29, 0.717) is 5.69 Å². The van der Waals surface area contributed by atoms with Gasteiger partial charge >= 0.3 is 12.3 Å². The lowest BCUT2D eigenvalue weighted by Crippen LogP contribution is -2.27. The van der Waals surface area contributed by atoms with E-state index < -0.39 is 29.3 Å². The molecule has 0 spiro atoms. The Hall–Kier alpha value is -2.82. The minimum atomic E-state index is -4.60. The molecule has 29 heavy (non-hydrogen) atoms. The molecule has 2 aromatic rings. The second-order valence-corrected chi connectivity index (χ2v) is 7.96. The number of hydrogen-bond acceptors (Lipinski definition) is 6. The van der Waals surface area contributed by atoms with Gasteiger partial charge in [0.1, 0.15) is 16.2 Å². The fraction of sp³-hybridized carbons (Fsp3) is 0.389. The minimum Gasteiger partial charge on any atom is -0.497 e. The molecule has 2 N–H and O–H groups in total. The molecule has 11 heteroatoms. The van der Waals surface area contributed by atoms with E-state index in [1.807, 2.05) is 0 Å². The van der Waals surface area contributed by atoms with Crippen LogP contribution in [-0.2, 0) is 10.9 Å². The number of amides is 2. The second-order valence-electron chi connectivity index (χ2n) is 6.96. The molecule has 0 unspecified atom stereocenters. The fourth-order valence-electron chi connectivity index (χ4n) is 2.19. The molecule has 1 aromatic heterocycles. The van der Waals surface area contributed by atoms with Gasteiger partial charge in [-0.1, -0.05) is 11.3 Å². The van der Waals surface area contributed by atoms with Gasteiger partial charge in [-0.3, -0.25) is 10.1 Å². The number of aryl methyl sites for hydroxylation is 1. The number of anilines is 2. The van der Waals surface area contributed by atoms with Crippen LogP contribution in [0.1, 0.15) is 41.7 Å². The normalized spacial score (nSPS) is 11.7. The van der Waals surface area contributed by atoms with Gasteiger partial charge in [0.25, 0.3) is 5.91 Å². The summed E-state index contributed by atoms with van der Waals surface area (Å²) in [6.07, 6.45) is -5.33. The van der Waals surface area contributed by atoms with Crippen LogP contribution in [0.25, 0.3) is 0 Å². The number of thiazole rings is 1. The Kier molecular flexibility index (Phi) is 6.41. The molecule has 0 aliphatic rings. The van der Waals surface area contributed by atoms with Crippen LogP contribution in [0.2, 0.25) is 0 Å². The van der Waals surface area contributed by atoms with E-state index in [9.17, 15) is 22.8 Å². The third kappa shape index (κ3) is 6.34. The Morgan fingerprint density at radius 2 is 1.76 bits per heavy atom. The van der Waals surface area contributed by atoms with Crippen molar-refractivity contribution >= 4 is 34.2 Å². The average Bonchev–Trinajstić information content (AvgIpc) is 2.92. The Bertz CT molecular complexity index is 920. The minimum absolute atomic E-state index is 0.0524. The molecular weight excluding hydrogens is 411 g/mol. The van der Waals surface area contributed by atoms with E-state index in [2.05, 4.69) is 15.6 Å². The van der Waals surface area contributed by atoms with Gasteiger partial charge in [0.15, 0.2) is 5.13 Å². The fourth-order valence-corrected chi connectivity index (χ4v) is 3.04. The number of carbonyl (C=O) groups is 2. The zero-order chi connectivity index (χ0) is 22.0. The number of alkyl halides is 3. The van der Waals surface area contributed by atoms with E-state index in [0.717, 1.165) is 23.5 Å². The second kappa shape index (κ2) is 8.27. The number of ether oxygens (including phenoxy) is 2. The van der Waals surface area contributed by atoms with Gasteiger partial charge in [-0.05, 0) is 39.8 Å². The number of halogens is 3. The largest absolute Gasteiger partial charge is 0.497 e. The number of hydrogen-bond donors (Lipinski definition) is 2. The highest BCUT2D eigenvalue weighted by atomic mass is 32.1. The highest BCUT2D eigenvalue weighted by Gasteiger charge is 2.32. The van der Waals surface area contributed by atoms with Crippen LogP contribution in [0.3, 0.4) is 0 Å². The standard InChI is InChI=1S/C18H20F3N3O4S/c1-9-13(29-15(22-9)24-16(26)28-17(2,3)4)14(25)23-11-6-10(18(19,20)21)7-12(8-11)27-5/h6-8H,1-5H3,(H,23,25)(H,22,24,26). The van der Waals surface area contributed by atoms with Crippen LogP contribution >= 0.6 is 11.3 Å². The zero-order valence-corrected chi connectivity index (χ0v) is 17.2. The summed E-state index contributed by atoms with van der Waals surface area (Å²) in [6.45, 7) is 6.63. The van der Waals surface area contributed by atoms with Gasteiger partial charge in [-0.25, -0.2) is 9.78 Å². The maximum atomic E-state index is 13.0. The van der Waals surface area contributed by atoms with Gasteiger partial charge in [-0.2, -0.15) is 13.2 Å². The topological polar surface area (TPSA) is 89.6 Å². The molecule has 7 nitrogen and oxygen atoms in total. The first-order valence-corrected chi connectivity index (χ1v) is 9.15. The molecule has 0 saturated carbocycles. The van der Waals surface area contributed by atoms with Crippen molar-refractivity contribution in [1.29, 1.82) is 0 Å². The van der Waals surface area contributed by atoms with Crippen molar-refractivity contribution < 1.29 is 32.2 Å².